The Balaban J connectivity index is 1.50. The zero-order valence-electron chi connectivity index (χ0n) is 17.9. The third kappa shape index (κ3) is 5.62. The van der Waals surface area contributed by atoms with Crippen LogP contribution in [0.1, 0.15) is 15.9 Å². The van der Waals surface area contributed by atoms with Crippen LogP contribution in [-0.4, -0.2) is 45.6 Å². The number of morpholine rings is 1. The first-order chi connectivity index (χ1) is 15.8. The molecule has 0 saturated carbocycles. The van der Waals surface area contributed by atoms with E-state index in [9.17, 15) is 13.2 Å². The van der Waals surface area contributed by atoms with Crippen molar-refractivity contribution in [2.24, 2.45) is 0 Å². The second-order valence-electron chi connectivity index (χ2n) is 7.57. The van der Waals surface area contributed by atoms with Crippen LogP contribution in [0, 0.1) is 6.92 Å². The lowest BCUT2D eigenvalue weighted by Crippen LogP contribution is -2.36. The zero-order chi connectivity index (χ0) is 23.4. The Bertz CT molecular complexity index is 1260. The Morgan fingerprint density at radius 2 is 1.88 bits per heavy atom. The molecule has 2 aromatic carbocycles. The van der Waals surface area contributed by atoms with Gasteiger partial charge in [-0.1, -0.05) is 23.7 Å². The normalized spacial score (nSPS) is 14.1. The molecular weight excluding hydrogens is 464 g/mol. The lowest BCUT2D eigenvalue weighted by molar-refractivity contribution is 0.102. The molecule has 0 radical (unpaired) electrons. The van der Waals surface area contributed by atoms with Crippen molar-refractivity contribution in [2.75, 3.05) is 41.2 Å². The monoisotopic (exact) mass is 486 g/mol. The quantitative estimate of drug-likeness (QED) is 0.547. The van der Waals surface area contributed by atoms with Crippen LogP contribution in [0.25, 0.3) is 0 Å². The van der Waals surface area contributed by atoms with E-state index in [2.05, 4.69) is 19.9 Å². The van der Waals surface area contributed by atoms with Gasteiger partial charge >= 0.3 is 0 Å². The van der Waals surface area contributed by atoms with Gasteiger partial charge < -0.3 is 15.0 Å². The first-order valence-electron chi connectivity index (χ1n) is 10.3. The van der Waals surface area contributed by atoms with E-state index in [1.807, 2.05) is 19.1 Å². The Morgan fingerprint density at radius 3 is 2.58 bits per heavy atom. The number of aromatic nitrogens is 1. The number of amides is 1. The van der Waals surface area contributed by atoms with Gasteiger partial charge in [-0.2, -0.15) is 0 Å². The molecule has 4 rings (SSSR count). The summed E-state index contributed by atoms with van der Waals surface area (Å²) in [7, 11) is -3.91. The number of aryl methyl sites for hydroxylation is 1. The van der Waals surface area contributed by atoms with Crippen LogP contribution >= 0.6 is 11.6 Å². The number of ether oxygens (including phenoxy) is 1. The molecule has 0 atom stereocenters. The van der Waals surface area contributed by atoms with E-state index in [-0.39, 0.29) is 15.5 Å². The minimum absolute atomic E-state index is 0.0304. The van der Waals surface area contributed by atoms with Gasteiger partial charge in [0.25, 0.3) is 15.9 Å². The van der Waals surface area contributed by atoms with Gasteiger partial charge in [-0.05, 0) is 55.0 Å². The minimum atomic E-state index is -3.91. The smallest absolute Gasteiger partial charge is 0.261 e. The molecule has 2 N–H and O–H groups in total. The van der Waals surface area contributed by atoms with Crippen LogP contribution < -0.4 is 14.9 Å². The zero-order valence-corrected chi connectivity index (χ0v) is 19.5. The standard InChI is InChI=1S/C23H23ClN4O4S/c1-16-3-2-4-17(13-16)27-33(30,31)19-6-7-21(24)20(14-19)23(29)26-22-8-5-18(15-25-22)28-9-11-32-12-10-28/h2-8,13-15,27H,9-12H2,1H3,(H,25,26,29). The SMILES string of the molecule is Cc1cccc(NS(=O)(=O)c2ccc(Cl)c(C(=O)Nc3ccc(N4CCOCC4)cn3)c2)c1. The molecule has 0 aliphatic carbocycles. The predicted octanol–water partition coefficient (Wildman–Crippen LogP) is 3.93. The fourth-order valence-corrected chi connectivity index (χ4v) is 4.70. The number of pyridine rings is 1. The fraction of sp³-hybridized carbons (Fsp3) is 0.217. The van der Waals surface area contributed by atoms with E-state index < -0.39 is 15.9 Å². The number of benzene rings is 2. The van der Waals surface area contributed by atoms with E-state index in [1.165, 1.54) is 18.2 Å². The summed E-state index contributed by atoms with van der Waals surface area (Å²) in [6, 6.07) is 14.5. The van der Waals surface area contributed by atoms with Crippen molar-refractivity contribution in [3.05, 3.63) is 76.9 Å². The average molecular weight is 487 g/mol. The van der Waals surface area contributed by atoms with Crippen molar-refractivity contribution >= 4 is 44.7 Å². The Morgan fingerprint density at radius 1 is 1.09 bits per heavy atom. The van der Waals surface area contributed by atoms with Crippen LogP contribution in [0.2, 0.25) is 5.02 Å². The van der Waals surface area contributed by atoms with E-state index in [0.29, 0.717) is 24.7 Å². The largest absolute Gasteiger partial charge is 0.378 e. The van der Waals surface area contributed by atoms with Crippen LogP contribution in [-0.2, 0) is 14.8 Å². The maximum atomic E-state index is 12.8. The second-order valence-corrected chi connectivity index (χ2v) is 9.66. The lowest BCUT2D eigenvalue weighted by atomic mass is 10.2. The number of sulfonamides is 1. The van der Waals surface area contributed by atoms with Gasteiger partial charge in [0.2, 0.25) is 0 Å². The fourth-order valence-electron chi connectivity index (χ4n) is 3.42. The summed E-state index contributed by atoms with van der Waals surface area (Å²) in [4.78, 5) is 19.2. The molecule has 172 valence electrons. The molecule has 1 amide bonds. The van der Waals surface area contributed by atoms with Crippen molar-refractivity contribution in [3.8, 4) is 0 Å². The topological polar surface area (TPSA) is 101 Å². The molecule has 2 heterocycles. The van der Waals surface area contributed by atoms with Crippen LogP contribution in [0.5, 0.6) is 0 Å². The van der Waals surface area contributed by atoms with Crippen LogP contribution in [0.3, 0.4) is 0 Å². The maximum absolute atomic E-state index is 12.8. The second kappa shape index (κ2) is 9.78. The van der Waals surface area contributed by atoms with Crippen molar-refractivity contribution in [2.45, 2.75) is 11.8 Å². The molecule has 8 nitrogen and oxygen atoms in total. The summed E-state index contributed by atoms with van der Waals surface area (Å²) in [5.41, 5.74) is 2.31. The van der Waals surface area contributed by atoms with Gasteiger partial charge in [0.15, 0.2) is 0 Å². The highest BCUT2D eigenvalue weighted by molar-refractivity contribution is 7.92. The number of hydrogen-bond acceptors (Lipinski definition) is 6. The highest BCUT2D eigenvalue weighted by Gasteiger charge is 2.20. The first kappa shape index (κ1) is 23.0. The molecule has 1 fully saturated rings. The highest BCUT2D eigenvalue weighted by atomic mass is 35.5. The van der Waals surface area contributed by atoms with Crippen molar-refractivity contribution in [1.29, 1.82) is 0 Å². The van der Waals surface area contributed by atoms with Crippen LogP contribution in [0.15, 0.2) is 65.7 Å². The highest BCUT2D eigenvalue weighted by Crippen LogP contribution is 2.24. The number of hydrogen-bond donors (Lipinski definition) is 2. The summed E-state index contributed by atoms with van der Waals surface area (Å²) < 4.78 is 33.5. The Labute approximate surface area is 197 Å². The number of nitrogens with zero attached hydrogens (tertiary/aromatic N) is 2. The lowest BCUT2D eigenvalue weighted by Gasteiger charge is -2.28. The number of carbonyl (C=O) groups is 1. The van der Waals surface area contributed by atoms with E-state index >= 15 is 0 Å². The number of nitrogens with one attached hydrogen (secondary N) is 2. The van der Waals surface area contributed by atoms with Gasteiger partial charge in [-0.25, -0.2) is 13.4 Å². The van der Waals surface area contributed by atoms with Crippen LogP contribution in [0.4, 0.5) is 17.2 Å². The third-order valence-electron chi connectivity index (χ3n) is 5.13. The Hall–Kier alpha value is -3.14. The summed E-state index contributed by atoms with van der Waals surface area (Å²) in [6.07, 6.45) is 1.68. The molecule has 1 aliphatic heterocycles. The van der Waals surface area contributed by atoms with Crippen molar-refractivity contribution < 1.29 is 17.9 Å². The van der Waals surface area contributed by atoms with E-state index in [1.54, 1.807) is 30.5 Å². The Kier molecular flexibility index (Phi) is 6.83. The van der Waals surface area contributed by atoms with E-state index in [4.69, 9.17) is 16.3 Å². The van der Waals surface area contributed by atoms with E-state index in [0.717, 1.165) is 24.3 Å². The number of rotatable bonds is 6. The average Bonchev–Trinajstić information content (AvgIpc) is 2.80. The molecule has 0 bridgehead atoms. The molecule has 10 heteroatoms. The number of halogens is 1. The van der Waals surface area contributed by atoms with Gasteiger partial charge in [0, 0.05) is 18.8 Å². The molecule has 0 spiro atoms. The van der Waals surface area contributed by atoms with Gasteiger partial charge in [-0.15, -0.1) is 0 Å². The third-order valence-corrected chi connectivity index (χ3v) is 6.84. The molecule has 1 aliphatic rings. The molecule has 33 heavy (non-hydrogen) atoms. The molecule has 3 aromatic rings. The van der Waals surface area contributed by atoms with Gasteiger partial charge in [0.05, 0.1) is 40.6 Å². The van der Waals surface area contributed by atoms with Crippen molar-refractivity contribution in [3.63, 3.8) is 0 Å². The molecule has 0 unspecified atom stereocenters. The maximum Gasteiger partial charge on any atom is 0.261 e. The minimum Gasteiger partial charge on any atom is -0.378 e. The molecule has 1 saturated heterocycles. The summed E-state index contributed by atoms with van der Waals surface area (Å²) >= 11 is 6.20. The molecular formula is C23H23ClN4O4S. The predicted molar refractivity (Wildman–Crippen MR) is 129 cm³/mol. The molecule has 1 aromatic heterocycles. The van der Waals surface area contributed by atoms with Gasteiger partial charge in [-0.3, -0.25) is 9.52 Å². The number of anilines is 3. The first-order valence-corrected chi connectivity index (χ1v) is 12.2. The summed E-state index contributed by atoms with van der Waals surface area (Å²) in [6.45, 7) is 4.75. The summed E-state index contributed by atoms with van der Waals surface area (Å²) in [5.74, 6) is -0.224. The van der Waals surface area contributed by atoms with Crippen molar-refractivity contribution in [1.82, 2.24) is 4.98 Å². The van der Waals surface area contributed by atoms with Gasteiger partial charge in [0.1, 0.15) is 5.82 Å². The number of carbonyl (C=O) groups excluding carboxylic acids is 1. The summed E-state index contributed by atoms with van der Waals surface area (Å²) in [5, 5.41) is 2.80.